The molecule has 0 aliphatic heterocycles. The van der Waals surface area contributed by atoms with Crippen molar-refractivity contribution in [2.24, 2.45) is 17.1 Å². The molecule has 0 bridgehead atoms. The highest BCUT2D eigenvalue weighted by molar-refractivity contribution is 7.80. The Morgan fingerprint density at radius 1 is 1.25 bits per heavy atom. The molecule has 0 saturated heterocycles. The van der Waals surface area contributed by atoms with Gasteiger partial charge >= 0.3 is 0 Å². The Morgan fingerprint density at radius 3 is 2.38 bits per heavy atom. The maximum Gasteiger partial charge on any atom is 0.0733 e. The average Bonchev–Trinajstić information content (AvgIpc) is 3.06. The smallest absolute Gasteiger partial charge is 0.0733 e. The Balaban J connectivity index is 1.55. The highest BCUT2D eigenvalue weighted by Crippen LogP contribution is 2.51. The quantitative estimate of drug-likeness (QED) is 0.690. The maximum atomic E-state index is 5.71. The molecule has 0 amide bonds. The number of thiocarbonyl (C=S) groups is 1. The zero-order valence-corrected chi connectivity index (χ0v) is 10.8. The molecule has 90 valence electrons. The molecule has 3 fully saturated rings. The second kappa shape index (κ2) is 3.95. The molecule has 2 N–H and O–H groups in total. The number of rotatable bonds is 7. The van der Waals surface area contributed by atoms with Gasteiger partial charge in [0, 0.05) is 25.6 Å². The lowest BCUT2D eigenvalue weighted by Gasteiger charge is -2.27. The van der Waals surface area contributed by atoms with Crippen LogP contribution in [0.5, 0.6) is 0 Å². The fraction of sp³-hybridized carbons (Fsp3) is 0.923. The average molecular weight is 238 g/mol. The second-order valence-corrected chi connectivity index (χ2v) is 6.77. The molecule has 0 heterocycles. The number of hydrogen-bond donors (Lipinski definition) is 1. The van der Waals surface area contributed by atoms with Gasteiger partial charge in [-0.3, -0.25) is 4.90 Å². The van der Waals surface area contributed by atoms with Crippen molar-refractivity contribution in [3.05, 3.63) is 0 Å². The molecule has 3 aliphatic carbocycles. The van der Waals surface area contributed by atoms with Crippen molar-refractivity contribution in [3.63, 3.8) is 0 Å². The lowest BCUT2D eigenvalue weighted by molar-refractivity contribution is 0.204. The summed E-state index contributed by atoms with van der Waals surface area (Å²) in [5, 5.41) is 0. The van der Waals surface area contributed by atoms with Gasteiger partial charge in [-0.1, -0.05) is 12.2 Å². The first-order chi connectivity index (χ1) is 7.67. The first-order valence-corrected chi connectivity index (χ1v) is 7.10. The highest BCUT2D eigenvalue weighted by Gasteiger charge is 2.47. The topological polar surface area (TPSA) is 29.3 Å². The van der Waals surface area contributed by atoms with E-state index in [1.807, 2.05) is 0 Å². The monoisotopic (exact) mass is 238 g/mol. The lowest BCUT2D eigenvalue weighted by Crippen LogP contribution is -2.35. The van der Waals surface area contributed by atoms with Gasteiger partial charge in [0.25, 0.3) is 0 Å². The first kappa shape index (κ1) is 11.0. The summed E-state index contributed by atoms with van der Waals surface area (Å²) in [4.78, 5) is 3.47. The van der Waals surface area contributed by atoms with Gasteiger partial charge in [-0.15, -0.1) is 0 Å². The van der Waals surface area contributed by atoms with Gasteiger partial charge in [0.05, 0.1) is 4.99 Å². The molecule has 3 aliphatic rings. The molecule has 0 radical (unpaired) electrons. The third-order valence-electron chi connectivity index (χ3n) is 4.30. The van der Waals surface area contributed by atoms with Crippen LogP contribution in [0.25, 0.3) is 0 Å². The Kier molecular flexibility index (Phi) is 2.71. The van der Waals surface area contributed by atoms with Gasteiger partial charge in [-0.25, -0.2) is 0 Å². The minimum Gasteiger partial charge on any atom is -0.393 e. The van der Waals surface area contributed by atoms with E-state index in [1.54, 1.807) is 0 Å². The van der Waals surface area contributed by atoms with Gasteiger partial charge in [-0.05, 0) is 49.9 Å². The van der Waals surface area contributed by atoms with E-state index in [-0.39, 0.29) is 0 Å². The molecule has 16 heavy (non-hydrogen) atoms. The molecular weight excluding hydrogens is 216 g/mol. The molecule has 0 aromatic heterocycles. The molecule has 3 heteroatoms. The summed E-state index contributed by atoms with van der Waals surface area (Å²) in [5.41, 5.74) is 6.20. The standard InChI is InChI=1S/C13H22N2S/c14-12(16)7-13(5-6-13)9-15(11-3-4-11)8-10-1-2-10/h10-11H,1-9H2,(H2,14,16). The third kappa shape index (κ3) is 2.75. The van der Waals surface area contributed by atoms with Gasteiger partial charge < -0.3 is 5.73 Å². The summed E-state index contributed by atoms with van der Waals surface area (Å²) in [7, 11) is 0. The largest absolute Gasteiger partial charge is 0.393 e. The molecule has 0 aromatic carbocycles. The Bertz CT molecular complexity index is 290. The van der Waals surface area contributed by atoms with Crippen molar-refractivity contribution >= 4 is 17.2 Å². The number of hydrogen-bond acceptors (Lipinski definition) is 2. The van der Waals surface area contributed by atoms with Crippen molar-refractivity contribution in [2.45, 2.75) is 51.0 Å². The van der Waals surface area contributed by atoms with E-state index in [9.17, 15) is 0 Å². The highest BCUT2D eigenvalue weighted by atomic mass is 32.1. The van der Waals surface area contributed by atoms with E-state index in [0.717, 1.165) is 23.4 Å². The van der Waals surface area contributed by atoms with E-state index in [1.165, 1.54) is 51.6 Å². The predicted molar refractivity (Wildman–Crippen MR) is 70.4 cm³/mol. The van der Waals surface area contributed by atoms with Gasteiger partial charge in [0.15, 0.2) is 0 Å². The first-order valence-electron chi connectivity index (χ1n) is 6.69. The van der Waals surface area contributed by atoms with Gasteiger partial charge in [0.2, 0.25) is 0 Å². The van der Waals surface area contributed by atoms with Crippen molar-refractivity contribution in [3.8, 4) is 0 Å². The zero-order valence-electron chi connectivity index (χ0n) is 9.95. The molecule has 3 saturated carbocycles. The minimum absolute atomic E-state index is 0.489. The maximum absolute atomic E-state index is 5.71. The number of nitrogens with zero attached hydrogens (tertiary/aromatic N) is 1. The van der Waals surface area contributed by atoms with E-state index >= 15 is 0 Å². The van der Waals surface area contributed by atoms with Crippen molar-refractivity contribution in [1.82, 2.24) is 4.90 Å². The summed E-state index contributed by atoms with van der Waals surface area (Å²) in [5.74, 6) is 1.02. The summed E-state index contributed by atoms with van der Waals surface area (Å²) < 4.78 is 0. The summed E-state index contributed by atoms with van der Waals surface area (Å²) in [6.07, 6.45) is 9.45. The van der Waals surface area contributed by atoms with Crippen LogP contribution in [0.2, 0.25) is 0 Å². The fourth-order valence-corrected chi connectivity index (χ4v) is 3.09. The van der Waals surface area contributed by atoms with Crippen LogP contribution in [0.1, 0.15) is 44.9 Å². The van der Waals surface area contributed by atoms with Crippen LogP contribution < -0.4 is 5.73 Å². The summed E-state index contributed by atoms with van der Waals surface area (Å²) >= 11 is 5.08. The summed E-state index contributed by atoms with van der Waals surface area (Å²) in [6, 6.07) is 0.907. The molecule has 0 unspecified atom stereocenters. The van der Waals surface area contributed by atoms with Crippen molar-refractivity contribution in [1.29, 1.82) is 0 Å². The lowest BCUT2D eigenvalue weighted by atomic mass is 10.0. The zero-order chi connectivity index (χ0) is 11.2. The van der Waals surface area contributed by atoms with Crippen LogP contribution in [0, 0.1) is 11.3 Å². The molecule has 3 rings (SSSR count). The van der Waals surface area contributed by atoms with Gasteiger partial charge in [-0.2, -0.15) is 0 Å². The Hall–Kier alpha value is -0.150. The molecule has 0 atom stereocenters. The van der Waals surface area contributed by atoms with E-state index < -0.39 is 0 Å². The molecule has 2 nitrogen and oxygen atoms in total. The molecule has 0 aromatic rings. The fourth-order valence-electron chi connectivity index (χ4n) is 2.78. The van der Waals surface area contributed by atoms with Gasteiger partial charge in [0.1, 0.15) is 0 Å². The summed E-state index contributed by atoms with van der Waals surface area (Å²) in [6.45, 7) is 2.62. The minimum atomic E-state index is 0.489. The van der Waals surface area contributed by atoms with Crippen LogP contribution in [-0.4, -0.2) is 29.0 Å². The van der Waals surface area contributed by atoms with Crippen molar-refractivity contribution in [2.75, 3.05) is 13.1 Å². The SMILES string of the molecule is NC(=S)CC1(CN(CC2CC2)C2CC2)CC1. The van der Waals surface area contributed by atoms with Crippen LogP contribution in [0.4, 0.5) is 0 Å². The van der Waals surface area contributed by atoms with Crippen LogP contribution in [0.15, 0.2) is 0 Å². The van der Waals surface area contributed by atoms with Crippen LogP contribution in [0.3, 0.4) is 0 Å². The van der Waals surface area contributed by atoms with Crippen molar-refractivity contribution < 1.29 is 0 Å². The Labute approximate surface area is 104 Å². The van der Waals surface area contributed by atoms with E-state index in [4.69, 9.17) is 18.0 Å². The van der Waals surface area contributed by atoms with E-state index in [0.29, 0.717) is 5.41 Å². The molecular formula is C13H22N2S. The van der Waals surface area contributed by atoms with Crippen LogP contribution >= 0.6 is 12.2 Å². The third-order valence-corrected chi connectivity index (χ3v) is 4.44. The van der Waals surface area contributed by atoms with E-state index in [2.05, 4.69) is 4.90 Å². The van der Waals surface area contributed by atoms with Crippen LogP contribution in [-0.2, 0) is 0 Å². The molecule has 0 spiro atoms. The Morgan fingerprint density at radius 2 is 1.94 bits per heavy atom. The number of nitrogens with two attached hydrogens (primary N) is 1. The second-order valence-electron chi connectivity index (χ2n) is 6.25. The normalized spacial score (nSPS) is 27.1. The predicted octanol–water partition coefficient (Wildman–Crippen LogP) is 2.32.